The lowest BCUT2D eigenvalue weighted by Gasteiger charge is -2.05. The van der Waals surface area contributed by atoms with Crippen LogP contribution in [0.15, 0.2) is 44.2 Å². The fourth-order valence-corrected chi connectivity index (χ4v) is 2.25. The smallest absolute Gasteiger partial charge is 0.140 e. The van der Waals surface area contributed by atoms with Crippen molar-refractivity contribution in [1.82, 2.24) is 4.98 Å². The molecule has 0 saturated carbocycles. The van der Waals surface area contributed by atoms with Gasteiger partial charge in [-0.15, -0.1) is 0 Å². The molecule has 0 aliphatic rings. The number of hydrogen-bond donors (Lipinski definition) is 1. The molecule has 1 N–H and O–H groups in total. The van der Waals surface area contributed by atoms with Crippen LogP contribution in [0.3, 0.4) is 0 Å². The zero-order valence-corrected chi connectivity index (χ0v) is 10.9. The third kappa shape index (κ3) is 2.82. The molecule has 2 heterocycles. The molecule has 78 valence electrons. The van der Waals surface area contributed by atoms with Crippen molar-refractivity contribution in [3.8, 4) is 0 Å². The highest BCUT2D eigenvalue weighted by molar-refractivity contribution is 9.11. The van der Waals surface area contributed by atoms with Crippen LogP contribution in [0.1, 0.15) is 5.56 Å². The van der Waals surface area contributed by atoms with Crippen LogP contribution in [0.5, 0.6) is 0 Å². The van der Waals surface area contributed by atoms with Crippen LogP contribution in [0.2, 0.25) is 0 Å². The number of anilines is 1. The molecule has 0 aliphatic heterocycles. The maximum atomic E-state index is 4.97. The van der Waals surface area contributed by atoms with E-state index in [9.17, 15) is 0 Å². The Balaban J connectivity index is 2.05. The number of nitrogens with zero attached hydrogens (tertiary/aromatic N) is 1. The lowest BCUT2D eigenvalue weighted by Crippen LogP contribution is -2.00. The molecule has 0 aromatic carbocycles. The number of pyridine rings is 1. The number of rotatable bonds is 3. The second kappa shape index (κ2) is 4.81. The average molecular weight is 332 g/mol. The highest BCUT2D eigenvalue weighted by Crippen LogP contribution is 2.23. The summed E-state index contributed by atoms with van der Waals surface area (Å²) in [5.41, 5.74) is 1.09. The van der Waals surface area contributed by atoms with E-state index in [2.05, 4.69) is 42.2 Å². The molecule has 0 aliphatic carbocycles. The molecule has 0 radical (unpaired) electrons. The second-order valence-electron chi connectivity index (χ2n) is 2.97. The van der Waals surface area contributed by atoms with Crippen molar-refractivity contribution >= 4 is 37.7 Å². The quantitative estimate of drug-likeness (QED) is 0.929. The van der Waals surface area contributed by atoms with Gasteiger partial charge in [0.25, 0.3) is 0 Å². The number of nitrogens with one attached hydrogen (secondary N) is 1. The minimum Gasteiger partial charge on any atom is -0.472 e. The molecule has 2 aromatic heterocycles. The van der Waals surface area contributed by atoms with Crippen LogP contribution in [-0.2, 0) is 6.54 Å². The van der Waals surface area contributed by atoms with E-state index < -0.39 is 0 Å². The predicted molar refractivity (Wildman–Crippen MR) is 65.7 cm³/mol. The van der Waals surface area contributed by atoms with Gasteiger partial charge in [-0.25, -0.2) is 4.98 Å². The van der Waals surface area contributed by atoms with Gasteiger partial charge < -0.3 is 9.73 Å². The highest BCUT2D eigenvalue weighted by Gasteiger charge is 2.02. The largest absolute Gasteiger partial charge is 0.472 e. The van der Waals surface area contributed by atoms with Crippen LogP contribution in [0.4, 0.5) is 5.82 Å². The third-order valence-corrected chi connectivity index (χ3v) is 2.89. The Morgan fingerprint density at radius 3 is 2.93 bits per heavy atom. The van der Waals surface area contributed by atoms with Crippen molar-refractivity contribution in [2.45, 2.75) is 6.54 Å². The van der Waals surface area contributed by atoms with Crippen molar-refractivity contribution in [2.24, 2.45) is 0 Å². The standard InChI is InChI=1S/C10H8Br2N2O/c11-8-3-9(12)10(14-5-8)13-4-7-1-2-15-6-7/h1-3,5-6H,4H2,(H,13,14). The summed E-state index contributed by atoms with van der Waals surface area (Å²) in [7, 11) is 0. The molecule has 0 saturated heterocycles. The van der Waals surface area contributed by atoms with E-state index >= 15 is 0 Å². The minimum absolute atomic E-state index is 0.698. The summed E-state index contributed by atoms with van der Waals surface area (Å²) in [5.74, 6) is 0.819. The molecule has 15 heavy (non-hydrogen) atoms. The van der Waals surface area contributed by atoms with E-state index in [4.69, 9.17) is 4.42 Å². The van der Waals surface area contributed by atoms with E-state index in [1.165, 1.54) is 0 Å². The van der Waals surface area contributed by atoms with Crippen molar-refractivity contribution in [3.05, 3.63) is 45.4 Å². The van der Waals surface area contributed by atoms with Crippen LogP contribution in [-0.4, -0.2) is 4.98 Å². The van der Waals surface area contributed by atoms with Gasteiger partial charge in [0.05, 0.1) is 17.0 Å². The molecular weight excluding hydrogens is 324 g/mol. The Morgan fingerprint density at radius 1 is 1.40 bits per heavy atom. The maximum Gasteiger partial charge on any atom is 0.140 e. The predicted octanol–water partition coefficient (Wildman–Crippen LogP) is 3.81. The number of aromatic nitrogens is 1. The van der Waals surface area contributed by atoms with Gasteiger partial charge in [0, 0.05) is 22.8 Å². The molecule has 5 heteroatoms. The van der Waals surface area contributed by atoms with E-state index in [1.54, 1.807) is 18.7 Å². The fraction of sp³-hybridized carbons (Fsp3) is 0.100. The lowest BCUT2D eigenvalue weighted by molar-refractivity contribution is 0.564. The molecule has 0 bridgehead atoms. The second-order valence-corrected chi connectivity index (χ2v) is 4.74. The van der Waals surface area contributed by atoms with Crippen LogP contribution in [0.25, 0.3) is 0 Å². The fourth-order valence-electron chi connectivity index (χ4n) is 1.12. The molecule has 0 unspecified atom stereocenters. The topological polar surface area (TPSA) is 38.1 Å². The van der Waals surface area contributed by atoms with Gasteiger partial charge in [0.15, 0.2) is 0 Å². The minimum atomic E-state index is 0.698. The molecule has 2 aromatic rings. The number of hydrogen-bond acceptors (Lipinski definition) is 3. The first-order valence-corrected chi connectivity index (χ1v) is 5.90. The first-order chi connectivity index (χ1) is 7.25. The normalized spacial score (nSPS) is 10.3. The molecule has 0 fully saturated rings. The van der Waals surface area contributed by atoms with Gasteiger partial charge in [-0.05, 0) is 44.0 Å². The first kappa shape index (κ1) is 10.7. The van der Waals surface area contributed by atoms with E-state index in [0.29, 0.717) is 6.54 Å². The SMILES string of the molecule is Brc1cnc(NCc2ccoc2)c(Br)c1. The molecule has 0 atom stereocenters. The molecule has 2 rings (SSSR count). The van der Waals surface area contributed by atoms with E-state index in [0.717, 1.165) is 20.3 Å². The van der Waals surface area contributed by atoms with Crippen LogP contribution < -0.4 is 5.32 Å². The van der Waals surface area contributed by atoms with Gasteiger partial charge in [0.2, 0.25) is 0 Å². The molecule has 0 amide bonds. The van der Waals surface area contributed by atoms with E-state index in [-0.39, 0.29) is 0 Å². The Bertz CT molecular complexity index is 443. The summed E-state index contributed by atoms with van der Waals surface area (Å²) in [5, 5.41) is 3.20. The van der Waals surface area contributed by atoms with Crippen LogP contribution >= 0.6 is 31.9 Å². The Hall–Kier alpha value is -0.810. The van der Waals surface area contributed by atoms with E-state index in [1.807, 2.05) is 12.1 Å². The highest BCUT2D eigenvalue weighted by atomic mass is 79.9. The van der Waals surface area contributed by atoms with Crippen molar-refractivity contribution in [2.75, 3.05) is 5.32 Å². The summed E-state index contributed by atoms with van der Waals surface area (Å²) < 4.78 is 6.85. The number of halogens is 2. The summed E-state index contributed by atoms with van der Waals surface area (Å²) >= 11 is 6.78. The monoisotopic (exact) mass is 330 g/mol. The van der Waals surface area contributed by atoms with Gasteiger partial charge in [-0.1, -0.05) is 0 Å². The van der Waals surface area contributed by atoms with Crippen molar-refractivity contribution in [3.63, 3.8) is 0 Å². The Labute approximate surface area is 104 Å². The van der Waals surface area contributed by atoms with Gasteiger partial charge >= 0.3 is 0 Å². The van der Waals surface area contributed by atoms with Crippen molar-refractivity contribution in [1.29, 1.82) is 0 Å². The molecular formula is C10H8Br2N2O. The van der Waals surface area contributed by atoms with Crippen LogP contribution in [0, 0.1) is 0 Å². The zero-order valence-electron chi connectivity index (χ0n) is 7.71. The third-order valence-electron chi connectivity index (χ3n) is 1.85. The van der Waals surface area contributed by atoms with Crippen molar-refractivity contribution < 1.29 is 4.42 Å². The lowest BCUT2D eigenvalue weighted by atomic mass is 10.3. The summed E-state index contributed by atoms with van der Waals surface area (Å²) in [4.78, 5) is 4.24. The number of furan rings is 1. The van der Waals surface area contributed by atoms with Gasteiger partial charge in [-0.2, -0.15) is 0 Å². The Kier molecular flexibility index (Phi) is 3.43. The summed E-state index contributed by atoms with van der Waals surface area (Å²) in [6.07, 6.45) is 5.11. The molecule has 0 spiro atoms. The average Bonchev–Trinajstić information content (AvgIpc) is 2.69. The maximum absolute atomic E-state index is 4.97. The summed E-state index contributed by atoms with van der Waals surface area (Å²) in [6, 6.07) is 3.87. The van der Waals surface area contributed by atoms with Gasteiger partial charge in [-0.3, -0.25) is 0 Å². The first-order valence-electron chi connectivity index (χ1n) is 4.31. The Morgan fingerprint density at radius 2 is 2.27 bits per heavy atom. The summed E-state index contributed by atoms with van der Waals surface area (Å²) in [6.45, 7) is 0.698. The zero-order chi connectivity index (χ0) is 10.7. The molecule has 3 nitrogen and oxygen atoms in total. The van der Waals surface area contributed by atoms with Gasteiger partial charge in [0.1, 0.15) is 5.82 Å².